The van der Waals surface area contributed by atoms with Crippen LogP contribution in [0.4, 0.5) is 0 Å². The summed E-state index contributed by atoms with van der Waals surface area (Å²) in [5, 5.41) is 0. The number of nitrogens with zero attached hydrogens (tertiary/aromatic N) is 3. The van der Waals surface area contributed by atoms with Gasteiger partial charge in [-0.15, -0.1) is 0 Å². The molecule has 0 radical (unpaired) electrons. The molecule has 0 aliphatic carbocycles. The quantitative estimate of drug-likeness (QED) is 0.737. The summed E-state index contributed by atoms with van der Waals surface area (Å²) in [5.74, 6) is 0.313. The first kappa shape index (κ1) is 18.0. The lowest BCUT2D eigenvalue weighted by Crippen LogP contribution is -2.48. The van der Waals surface area contributed by atoms with E-state index in [1.807, 2.05) is 4.90 Å². The predicted octanol–water partition coefficient (Wildman–Crippen LogP) is 2.45. The molecule has 1 amide bonds. The maximum Gasteiger partial charge on any atom is 0.223 e. The lowest BCUT2D eigenvalue weighted by Gasteiger charge is -2.35. The lowest BCUT2D eigenvalue weighted by molar-refractivity contribution is -0.133. The number of rotatable bonds is 8. The Morgan fingerprint density at radius 2 is 1.78 bits per heavy atom. The van der Waals surface area contributed by atoms with Crippen molar-refractivity contribution in [2.75, 3.05) is 46.3 Å². The summed E-state index contributed by atoms with van der Waals surface area (Å²) in [5.41, 5.74) is 1.35. The van der Waals surface area contributed by atoms with Crippen LogP contribution < -0.4 is 0 Å². The van der Waals surface area contributed by atoms with Crippen molar-refractivity contribution in [2.24, 2.45) is 0 Å². The molecule has 0 saturated carbocycles. The predicted molar refractivity (Wildman–Crippen MR) is 95.3 cm³/mol. The Balaban J connectivity index is 1.66. The minimum Gasteiger partial charge on any atom is -0.340 e. The molecule has 0 unspecified atom stereocenters. The van der Waals surface area contributed by atoms with Crippen LogP contribution in [-0.2, 0) is 11.3 Å². The van der Waals surface area contributed by atoms with Gasteiger partial charge in [0.05, 0.1) is 0 Å². The van der Waals surface area contributed by atoms with E-state index < -0.39 is 0 Å². The molecule has 0 spiro atoms. The Labute approximate surface area is 141 Å². The van der Waals surface area contributed by atoms with Crippen LogP contribution in [0.5, 0.6) is 0 Å². The molecule has 1 fully saturated rings. The second kappa shape index (κ2) is 9.68. The van der Waals surface area contributed by atoms with Gasteiger partial charge >= 0.3 is 0 Å². The number of amides is 1. The van der Waals surface area contributed by atoms with Gasteiger partial charge in [0.15, 0.2) is 0 Å². The average molecular weight is 317 g/mol. The van der Waals surface area contributed by atoms with E-state index in [1.54, 1.807) is 0 Å². The molecular formula is C19H31N3O. The molecule has 0 bridgehead atoms. The summed E-state index contributed by atoms with van der Waals surface area (Å²) >= 11 is 0. The van der Waals surface area contributed by atoms with E-state index in [-0.39, 0.29) is 0 Å². The standard InChI is InChI=1S/C19H31N3O/c1-3-4-11-20(2)12-10-19(23)22-15-13-21(14-16-22)17-18-8-6-5-7-9-18/h5-9H,3-4,10-17H2,1-2H3. The largest absolute Gasteiger partial charge is 0.340 e. The molecule has 0 aromatic heterocycles. The van der Waals surface area contributed by atoms with E-state index in [4.69, 9.17) is 0 Å². The molecule has 0 atom stereocenters. The summed E-state index contributed by atoms with van der Waals surface area (Å²) in [4.78, 5) is 19.1. The van der Waals surface area contributed by atoms with Gasteiger partial charge in [-0.1, -0.05) is 43.7 Å². The van der Waals surface area contributed by atoms with E-state index in [0.717, 1.165) is 45.8 Å². The fourth-order valence-corrected chi connectivity index (χ4v) is 2.98. The Morgan fingerprint density at radius 3 is 2.43 bits per heavy atom. The molecule has 1 aliphatic rings. The van der Waals surface area contributed by atoms with Gasteiger partial charge in [0, 0.05) is 45.7 Å². The first-order valence-corrected chi connectivity index (χ1v) is 8.91. The van der Waals surface area contributed by atoms with E-state index in [2.05, 4.69) is 54.1 Å². The van der Waals surface area contributed by atoms with Crippen molar-refractivity contribution in [2.45, 2.75) is 32.7 Å². The van der Waals surface area contributed by atoms with Crippen molar-refractivity contribution in [1.82, 2.24) is 14.7 Å². The fraction of sp³-hybridized carbons (Fsp3) is 0.632. The molecule has 1 aromatic carbocycles. The van der Waals surface area contributed by atoms with E-state index >= 15 is 0 Å². The van der Waals surface area contributed by atoms with Gasteiger partial charge < -0.3 is 9.80 Å². The Kier molecular flexibility index (Phi) is 7.56. The van der Waals surface area contributed by atoms with Crippen molar-refractivity contribution >= 4 is 5.91 Å². The van der Waals surface area contributed by atoms with Gasteiger partial charge in [-0.2, -0.15) is 0 Å². The second-order valence-corrected chi connectivity index (χ2v) is 6.55. The zero-order chi connectivity index (χ0) is 16.5. The lowest BCUT2D eigenvalue weighted by atomic mass is 10.2. The van der Waals surface area contributed by atoms with Crippen LogP contribution >= 0.6 is 0 Å². The molecule has 128 valence electrons. The molecule has 1 saturated heterocycles. The van der Waals surface area contributed by atoms with Crippen molar-refractivity contribution < 1.29 is 4.79 Å². The molecule has 4 heteroatoms. The zero-order valence-electron chi connectivity index (χ0n) is 14.7. The Bertz CT molecular complexity index is 455. The van der Waals surface area contributed by atoms with Gasteiger partial charge in [-0.25, -0.2) is 0 Å². The first-order chi connectivity index (χ1) is 11.2. The number of hydrogen-bond acceptors (Lipinski definition) is 3. The maximum atomic E-state index is 12.3. The molecule has 23 heavy (non-hydrogen) atoms. The minimum atomic E-state index is 0.313. The number of hydrogen-bond donors (Lipinski definition) is 0. The van der Waals surface area contributed by atoms with Crippen molar-refractivity contribution in [3.05, 3.63) is 35.9 Å². The van der Waals surface area contributed by atoms with Gasteiger partial charge in [-0.05, 0) is 25.6 Å². The van der Waals surface area contributed by atoms with Crippen LogP contribution in [0, 0.1) is 0 Å². The third kappa shape index (κ3) is 6.32. The molecule has 0 N–H and O–H groups in total. The van der Waals surface area contributed by atoms with E-state index in [0.29, 0.717) is 12.3 Å². The van der Waals surface area contributed by atoms with Crippen LogP contribution in [0.3, 0.4) is 0 Å². The van der Waals surface area contributed by atoms with Gasteiger partial charge in [0.25, 0.3) is 0 Å². The smallest absolute Gasteiger partial charge is 0.223 e. The molecule has 2 rings (SSSR count). The maximum absolute atomic E-state index is 12.3. The fourth-order valence-electron chi connectivity index (χ4n) is 2.98. The van der Waals surface area contributed by atoms with Crippen LogP contribution in [-0.4, -0.2) is 66.9 Å². The number of unbranched alkanes of at least 4 members (excludes halogenated alkanes) is 1. The van der Waals surface area contributed by atoms with E-state index in [1.165, 1.54) is 18.4 Å². The first-order valence-electron chi connectivity index (χ1n) is 8.91. The summed E-state index contributed by atoms with van der Waals surface area (Å²) < 4.78 is 0. The summed E-state index contributed by atoms with van der Waals surface area (Å²) in [6.07, 6.45) is 3.07. The molecule has 4 nitrogen and oxygen atoms in total. The van der Waals surface area contributed by atoms with Gasteiger partial charge in [0.2, 0.25) is 5.91 Å². The third-order valence-electron chi connectivity index (χ3n) is 4.57. The number of benzene rings is 1. The Hall–Kier alpha value is -1.39. The third-order valence-corrected chi connectivity index (χ3v) is 4.57. The summed E-state index contributed by atoms with van der Waals surface area (Å²) in [7, 11) is 2.11. The molecule has 1 aliphatic heterocycles. The van der Waals surface area contributed by atoms with Crippen molar-refractivity contribution in [3.8, 4) is 0 Å². The molecular weight excluding hydrogens is 286 g/mol. The normalized spacial score (nSPS) is 16.0. The highest BCUT2D eigenvalue weighted by Crippen LogP contribution is 2.09. The molecule has 1 heterocycles. The highest BCUT2D eigenvalue weighted by molar-refractivity contribution is 5.76. The van der Waals surface area contributed by atoms with Crippen LogP contribution in [0.15, 0.2) is 30.3 Å². The Morgan fingerprint density at radius 1 is 1.09 bits per heavy atom. The van der Waals surface area contributed by atoms with Crippen LogP contribution in [0.2, 0.25) is 0 Å². The van der Waals surface area contributed by atoms with Crippen LogP contribution in [0.1, 0.15) is 31.7 Å². The number of carbonyl (C=O) groups is 1. The molecule has 1 aromatic rings. The zero-order valence-corrected chi connectivity index (χ0v) is 14.7. The second-order valence-electron chi connectivity index (χ2n) is 6.55. The van der Waals surface area contributed by atoms with E-state index in [9.17, 15) is 4.79 Å². The monoisotopic (exact) mass is 317 g/mol. The van der Waals surface area contributed by atoms with Gasteiger partial charge in [0.1, 0.15) is 0 Å². The van der Waals surface area contributed by atoms with Crippen LogP contribution in [0.25, 0.3) is 0 Å². The van der Waals surface area contributed by atoms with Crippen molar-refractivity contribution in [3.63, 3.8) is 0 Å². The minimum absolute atomic E-state index is 0.313. The highest BCUT2D eigenvalue weighted by atomic mass is 16.2. The van der Waals surface area contributed by atoms with Gasteiger partial charge in [-0.3, -0.25) is 9.69 Å². The topological polar surface area (TPSA) is 26.8 Å². The number of carbonyl (C=O) groups excluding carboxylic acids is 1. The SMILES string of the molecule is CCCCN(C)CCC(=O)N1CCN(Cc2ccccc2)CC1. The number of piperazine rings is 1. The highest BCUT2D eigenvalue weighted by Gasteiger charge is 2.20. The summed E-state index contributed by atoms with van der Waals surface area (Å²) in [6, 6.07) is 10.6. The summed E-state index contributed by atoms with van der Waals surface area (Å²) in [6.45, 7) is 8.85. The van der Waals surface area contributed by atoms with Crippen molar-refractivity contribution in [1.29, 1.82) is 0 Å². The average Bonchev–Trinajstić information content (AvgIpc) is 2.59.